The molecule has 2 unspecified atom stereocenters. The number of anilines is 4. The summed E-state index contributed by atoms with van der Waals surface area (Å²) in [5, 5.41) is 0. The van der Waals surface area contributed by atoms with Crippen molar-refractivity contribution in [2.75, 3.05) is 28.8 Å². The van der Waals surface area contributed by atoms with Gasteiger partial charge in [0.2, 0.25) is 17.1 Å². The molecule has 12 aromatic rings. The number of hydrogen-bond acceptors (Lipinski definition) is 4. The summed E-state index contributed by atoms with van der Waals surface area (Å²) in [6, 6.07) is 76.2. The third-order valence-corrected chi connectivity index (χ3v) is 21.0. The van der Waals surface area contributed by atoms with Gasteiger partial charge in [-0.25, -0.2) is 13.7 Å². The Morgan fingerprint density at radius 1 is 0.337 bits per heavy atom. The van der Waals surface area contributed by atoms with E-state index in [-0.39, 0.29) is 0 Å². The number of benzene rings is 9. The number of aryl methyl sites for hydroxylation is 17. The Morgan fingerprint density at radius 3 is 1.14 bits per heavy atom. The van der Waals surface area contributed by atoms with Gasteiger partial charge in [-0.3, -0.25) is 0 Å². The van der Waals surface area contributed by atoms with E-state index in [0.29, 0.717) is 29.0 Å². The van der Waals surface area contributed by atoms with Gasteiger partial charge in [-0.15, -0.1) is 0 Å². The smallest absolute Gasteiger partial charge is 0.212 e. The zero-order valence-corrected chi connectivity index (χ0v) is 65.4. The van der Waals surface area contributed by atoms with Crippen LogP contribution in [0.15, 0.2) is 249 Å². The summed E-state index contributed by atoms with van der Waals surface area (Å²) in [5.41, 5.74) is 35.2. The molecule has 0 amide bonds. The SMILES string of the molecule is CCc1c[n+](C)c(-c2cc(-c3ccccc3)c(C)cc2C)cc1C.CCc1cc(-c2cc(-c3ccccc3)c(C)cc2C)[n+](C)cc1C.Cc1ccccc1N1C=CN(C)C1C.Cc1ccccc1N1c2ccccc2N(C)C1C.[2H]C([2H])([2H])c1cc(C)c(-c2cc(C)c(C([2H])([2H])C)c[n+]2C)cc1-c1ccccc1. The van der Waals surface area contributed by atoms with E-state index in [9.17, 15) is 0 Å². The van der Waals surface area contributed by atoms with Crippen molar-refractivity contribution in [1.29, 1.82) is 0 Å². The molecule has 14 rings (SSSR count). The first-order valence-electron chi connectivity index (χ1n) is 39.3. The Morgan fingerprint density at radius 2 is 0.712 bits per heavy atom. The van der Waals surface area contributed by atoms with E-state index in [0.717, 1.165) is 40.8 Å². The summed E-state index contributed by atoms with van der Waals surface area (Å²) in [6.45, 7) is 29.6. The van der Waals surface area contributed by atoms with E-state index in [2.05, 4.69) is 335 Å². The molecule has 2 atom stereocenters. The maximum Gasteiger partial charge on any atom is 0.212 e. The molecule has 7 nitrogen and oxygen atoms in total. The van der Waals surface area contributed by atoms with Crippen molar-refractivity contribution in [3.05, 3.63) is 327 Å². The van der Waals surface area contributed by atoms with E-state index in [1.165, 1.54) is 123 Å². The predicted molar refractivity (Wildman–Crippen MR) is 444 cm³/mol. The third kappa shape index (κ3) is 17.0. The molecule has 0 saturated carbocycles. The number of pyridine rings is 3. The van der Waals surface area contributed by atoms with Crippen LogP contribution in [0, 0.1) is 76.1 Å². The lowest BCUT2D eigenvalue weighted by Gasteiger charge is -2.28. The van der Waals surface area contributed by atoms with Crippen LogP contribution in [-0.4, -0.2) is 31.3 Å². The first-order chi connectivity index (χ1) is 51.8. The Balaban J connectivity index is 0.000000148. The second-order valence-corrected chi connectivity index (χ2v) is 28.2. The first kappa shape index (κ1) is 69.1. The maximum atomic E-state index is 8.06. The number of para-hydroxylation sites is 4. The van der Waals surface area contributed by atoms with Crippen molar-refractivity contribution in [2.24, 2.45) is 21.1 Å². The molecule has 0 radical (unpaired) electrons. The lowest BCUT2D eigenvalue weighted by molar-refractivity contribution is -0.661. The van der Waals surface area contributed by atoms with Crippen molar-refractivity contribution in [1.82, 2.24) is 4.90 Å². The van der Waals surface area contributed by atoms with E-state index in [1.54, 1.807) is 13.0 Å². The Bertz CT molecular complexity index is 5220. The highest BCUT2D eigenvalue weighted by atomic mass is 15.4. The fourth-order valence-electron chi connectivity index (χ4n) is 14.6. The van der Waals surface area contributed by atoms with Gasteiger partial charge in [0, 0.05) is 96.3 Å². The van der Waals surface area contributed by atoms with Crippen LogP contribution in [0.4, 0.5) is 22.7 Å². The lowest BCUT2D eigenvalue weighted by atomic mass is 9.92. The molecular weight excluding hydrogens is 1260 g/mol. The highest BCUT2D eigenvalue weighted by Crippen LogP contribution is 2.44. The van der Waals surface area contributed by atoms with Crippen LogP contribution in [0.2, 0.25) is 0 Å². The standard InChI is InChI=1S/3C23H26N.C16H18N2.C12H16N2/c2*1-6-19-15-24(5)23(13-16(19)2)22-14-21(17(3)12-18(22)4)20-10-8-7-9-11-20;1-6-19-13-23(24(5)15-18(19)4)22-14-21(16(2)12-17(22)3)20-10-8-7-9-11-20;1-12-8-4-5-9-14(12)18-13(2)17(3)15-10-6-7-11-16(15)18;1-10-6-4-5-7-12(10)14-9-8-13(3)11(14)2/h3*7-15H,6H2,1-5H3;4-11,13H,1-3H3;4-9,11H,1-3H3/q3*+1;;/i3D3,6D2;;;;. The van der Waals surface area contributed by atoms with Gasteiger partial charge in [0.1, 0.15) is 33.5 Å². The molecule has 2 aliphatic heterocycles. The summed E-state index contributed by atoms with van der Waals surface area (Å²) >= 11 is 0. The fourth-order valence-corrected chi connectivity index (χ4v) is 14.6. The molecular formula is C97H112N7+3. The van der Waals surface area contributed by atoms with Crippen LogP contribution in [0.3, 0.4) is 0 Å². The van der Waals surface area contributed by atoms with Gasteiger partial charge in [-0.2, -0.15) is 0 Å². The summed E-state index contributed by atoms with van der Waals surface area (Å²) < 4.78 is 46.5. The van der Waals surface area contributed by atoms with Crippen LogP contribution in [0.25, 0.3) is 67.2 Å². The van der Waals surface area contributed by atoms with Gasteiger partial charge in [-0.05, 0) is 246 Å². The number of rotatable bonds is 11. The molecule has 0 spiro atoms. The number of aromatic nitrogens is 3. The van der Waals surface area contributed by atoms with Crippen molar-refractivity contribution in [3.63, 3.8) is 0 Å². The lowest BCUT2D eigenvalue weighted by Crippen LogP contribution is -2.35. The quantitative estimate of drug-likeness (QED) is 0.121. The Labute approximate surface area is 631 Å². The molecule has 9 aromatic carbocycles. The highest BCUT2D eigenvalue weighted by Gasteiger charge is 2.32. The number of hydrogen-bond donors (Lipinski definition) is 0. The van der Waals surface area contributed by atoms with Gasteiger partial charge in [0.25, 0.3) is 0 Å². The van der Waals surface area contributed by atoms with Crippen LogP contribution < -0.4 is 28.4 Å². The van der Waals surface area contributed by atoms with E-state index in [1.807, 2.05) is 74.1 Å². The molecule has 0 N–H and O–H groups in total. The molecule has 5 heterocycles. The van der Waals surface area contributed by atoms with Crippen molar-refractivity contribution < 1.29 is 20.6 Å². The Kier molecular flexibility index (Phi) is 22.7. The maximum absolute atomic E-state index is 8.06. The minimum atomic E-state index is -2.21. The summed E-state index contributed by atoms with van der Waals surface area (Å²) in [7, 11) is 10.4. The molecule has 0 bridgehead atoms. The highest BCUT2D eigenvalue weighted by molar-refractivity contribution is 5.85. The average molecular weight is 1380 g/mol. The second kappa shape index (κ2) is 34.1. The number of nitrogens with zero attached hydrogens (tertiary/aromatic N) is 7. The minimum absolute atomic E-state index is 0.339. The summed E-state index contributed by atoms with van der Waals surface area (Å²) in [5.74, 6) is 0. The Hall–Kier alpha value is -10.6. The molecule has 0 saturated heterocycles. The normalized spacial score (nSPS) is 14.4. The van der Waals surface area contributed by atoms with E-state index in [4.69, 9.17) is 6.85 Å². The molecule has 3 aromatic heterocycles. The molecule has 2 aliphatic rings. The largest absolute Gasteiger partial charge is 0.359 e. The van der Waals surface area contributed by atoms with Crippen molar-refractivity contribution in [3.8, 4) is 67.2 Å². The van der Waals surface area contributed by atoms with Crippen LogP contribution in [-0.2, 0) is 40.4 Å². The monoisotopic (exact) mass is 1380 g/mol. The zero-order chi connectivity index (χ0) is 78.9. The van der Waals surface area contributed by atoms with Gasteiger partial charge < -0.3 is 19.6 Å². The van der Waals surface area contributed by atoms with Gasteiger partial charge in [0.05, 0.1) is 11.4 Å². The van der Waals surface area contributed by atoms with Crippen molar-refractivity contribution >= 4 is 22.7 Å². The summed E-state index contributed by atoms with van der Waals surface area (Å²) in [4.78, 5) is 9.22. The summed E-state index contributed by atoms with van der Waals surface area (Å²) in [6.07, 6.45) is 12.0. The molecule has 104 heavy (non-hydrogen) atoms. The number of fused-ring (bicyclic) bond motifs is 1. The van der Waals surface area contributed by atoms with Gasteiger partial charge >= 0.3 is 0 Å². The second-order valence-electron chi connectivity index (χ2n) is 28.2. The van der Waals surface area contributed by atoms with Gasteiger partial charge in [-0.1, -0.05) is 178 Å². The molecule has 7 heteroatoms. The van der Waals surface area contributed by atoms with Crippen LogP contribution in [0.5, 0.6) is 0 Å². The van der Waals surface area contributed by atoms with E-state index >= 15 is 0 Å². The fraction of sp³-hybridized carbons (Fsp3) is 0.268. The predicted octanol–water partition coefficient (Wildman–Crippen LogP) is 22.5. The van der Waals surface area contributed by atoms with Crippen LogP contribution in [0.1, 0.15) is 119 Å². The molecule has 0 aliphatic carbocycles. The zero-order valence-electron chi connectivity index (χ0n) is 70.4. The average Bonchev–Trinajstić information content (AvgIpc) is 1.68. The first-order valence-corrected chi connectivity index (χ1v) is 36.8. The van der Waals surface area contributed by atoms with Crippen LogP contribution >= 0.6 is 0 Å². The minimum Gasteiger partial charge on any atom is -0.359 e. The van der Waals surface area contributed by atoms with Crippen molar-refractivity contribution in [2.45, 2.75) is 142 Å². The third-order valence-electron chi connectivity index (χ3n) is 21.0. The van der Waals surface area contributed by atoms with E-state index < -0.39 is 13.2 Å². The van der Waals surface area contributed by atoms with Gasteiger partial charge in [0.15, 0.2) is 18.6 Å². The molecule has 0 fully saturated rings. The topological polar surface area (TPSA) is 24.6 Å². The molecule has 532 valence electrons.